The van der Waals surface area contributed by atoms with E-state index in [1.54, 1.807) is 18.4 Å². The third-order valence-corrected chi connectivity index (χ3v) is 6.06. The lowest BCUT2D eigenvalue weighted by atomic mass is 10.0. The number of carbonyl (C=O) groups is 5. The van der Waals surface area contributed by atoms with Gasteiger partial charge >= 0.3 is 11.9 Å². The third kappa shape index (κ3) is 11.2. The highest BCUT2D eigenvalue weighted by atomic mass is 32.2. The van der Waals surface area contributed by atoms with Crippen molar-refractivity contribution in [1.82, 2.24) is 16.0 Å². The van der Waals surface area contributed by atoms with Gasteiger partial charge < -0.3 is 37.0 Å². The maximum atomic E-state index is 13.0. The molecule has 8 N–H and O–H groups in total. The number of amides is 3. The van der Waals surface area contributed by atoms with E-state index in [-0.39, 0.29) is 30.8 Å². The molecule has 0 bridgehead atoms. The fourth-order valence-corrected chi connectivity index (χ4v) is 3.75. The van der Waals surface area contributed by atoms with Crippen LogP contribution in [0, 0.1) is 0 Å². The number of thiol groups is 1. The largest absolute Gasteiger partial charge is 0.508 e. The van der Waals surface area contributed by atoms with Crippen molar-refractivity contribution in [1.29, 1.82) is 0 Å². The summed E-state index contributed by atoms with van der Waals surface area (Å²) in [7, 11) is 0. The van der Waals surface area contributed by atoms with Gasteiger partial charge in [-0.2, -0.15) is 24.4 Å². The normalized spacial score (nSPS) is 14.1. The lowest BCUT2D eigenvalue weighted by Crippen LogP contribution is -2.57. The molecule has 0 radical (unpaired) electrons. The van der Waals surface area contributed by atoms with E-state index in [9.17, 15) is 29.1 Å². The first-order valence-corrected chi connectivity index (χ1v) is 13.0. The fourth-order valence-electron chi connectivity index (χ4n) is 3.03. The van der Waals surface area contributed by atoms with Crippen LogP contribution >= 0.6 is 24.4 Å². The van der Waals surface area contributed by atoms with E-state index in [4.69, 9.17) is 15.9 Å². The van der Waals surface area contributed by atoms with E-state index in [0.717, 1.165) is 0 Å². The number of rotatable bonds is 16. The Kier molecular flexibility index (Phi) is 13.7. The first kappa shape index (κ1) is 31.1. The molecule has 0 saturated carbocycles. The van der Waals surface area contributed by atoms with Crippen LogP contribution in [0.1, 0.15) is 24.8 Å². The Morgan fingerprint density at radius 1 is 0.917 bits per heavy atom. The van der Waals surface area contributed by atoms with Crippen LogP contribution in [0.5, 0.6) is 5.75 Å². The van der Waals surface area contributed by atoms with E-state index in [2.05, 4.69) is 28.6 Å². The molecular weight excluding hydrogens is 512 g/mol. The van der Waals surface area contributed by atoms with Crippen LogP contribution in [0.4, 0.5) is 0 Å². The summed E-state index contributed by atoms with van der Waals surface area (Å²) >= 11 is 5.29. The molecule has 0 heterocycles. The predicted octanol–water partition coefficient (Wildman–Crippen LogP) is -0.651. The van der Waals surface area contributed by atoms with Gasteiger partial charge in [0.1, 0.15) is 23.9 Å². The van der Waals surface area contributed by atoms with E-state index in [1.807, 2.05) is 0 Å². The number of thioether (sulfide) groups is 1. The number of carboxylic acid groups (broad SMARTS) is 2. The number of aromatic hydroxyl groups is 1. The van der Waals surface area contributed by atoms with Crippen LogP contribution in [0.2, 0.25) is 0 Å². The molecule has 14 heteroatoms. The lowest BCUT2D eigenvalue weighted by Gasteiger charge is -2.25. The number of benzene rings is 1. The molecule has 12 nitrogen and oxygen atoms in total. The van der Waals surface area contributed by atoms with Crippen molar-refractivity contribution in [3.05, 3.63) is 29.8 Å². The van der Waals surface area contributed by atoms with Gasteiger partial charge in [-0.05, 0) is 49.0 Å². The van der Waals surface area contributed by atoms with E-state index < -0.39 is 60.2 Å². The van der Waals surface area contributed by atoms with Gasteiger partial charge in [0.25, 0.3) is 0 Å². The summed E-state index contributed by atoms with van der Waals surface area (Å²) in [6.45, 7) is 0. The zero-order valence-electron chi connectivity index (χ0n) is 19.7. The van der Waals surface area contributed by atoms with Crippen molar-refractivity contribution in [2.24, 2.45) is 5.73 Å². The van der Waals surface area contributed by atoms with Crippen LogP contribution in [0.25, 0.3) is 0 Å². The van der Waals surface area contributed by atoms with Gasteiger partial charge in [0.15, 0.2) is 0 Å². The van der Waals surface area contributed by atoms with Crippen LogP contribution in [-0.2, 0) is 30.4 Å². The molecule has 0 aliphatic carbocycles. The number of nitrogens with two attached hydrogens (primary N) is 1. The Hall–Kier alpha value is -2.97. The highest BCUT2D eigenvalue weighted by Crippen LogP contribution is 2.11. The molecule has 200 valence electrons. The Morgan fingerprint density at radius 2 is 1.44 bits per heavy atom. The van der Waals surface area contributed by atoms with Crippen molar-refractivity contribution in [2.75, 3.05) is 17.8 Å². The molecule has 0 saturated heterocycles. The van der Waals surface area contributed by atoms with Crippen LogP contribution in [-0.4, -0.2) is 86.9 Å². The molecule has 4 unspecified atom stereocenters. The standard InChI is InChI=1S/C22H32N4O8S2/c1-36-9-8-16(24-19(30)14(23)10-12-2-4-13(27)5-3-12)21(32)25-15(6-7-18(28)29)20(31)26-17(11-35)22(33)34/h2-5,14-17,27,35H,6-11,23H2,1H3,(H,24,30)(H,25,32)(H,26,31)(H,28,29)(H,33,34). The summed E-state index contributed by atoms with van der Waals surface area (Å²) in [5.41, 5.74) is 6.69. The molecule has 0 aliphatic rings. The number of nitrogens with one attached hydrogen (secondary N) is 3. The summed E-state index contributed by atoms with van der Waals surface area (Å²) in [5, 5.41) is 34.7. The van der Waals surface area contributed by atoms with E-state index >= 15 is 0 Å². The number of phenols is 1. The number of phenolic OH excluding ortho intramolecular Hbond substituents is 1. The Balaban J connectivity index is 2.94. The Morgan fingerprint density at radius 3 is 1.94 bits per heavy atom. The van der Waals surface area contributed by atoms with Gasteiger partial charge in [0.2, 0.25) is 17.7 Å². The minimum atomic E-state index is -1.35. The third-order valence-electron chi connectivity index (χ3n) is 5.05. The maximum Gasteiger partial charge on any atom is 0.327 e. The first-order valence-electron chi connectivity index (χ1n) is 11.0. The lowest BCUT2D eigenvalue weighted by molar-refractivity contribution is -0.142. The topological polar surface area (TPSA) is 208 Å². The number of carbonyl (C=O) groups excluding carboxylic acids is 3. The van der Waals surface area contributed by atoms with Gasteiger partial charge in [-0.15, -0.1) is 0 Å². The van der Waals surface area contributed by atoms with Crippen molar-refractivity contribution in [3.63, 3.8) is 0 Å². The number of hydrogen-bond acceptors (Lipinski definition) is 9. The molecule has 4 atom stereocenters. The Labute approximate surface area is 218 Å². The predicted molar refractivity (Wildman–Crippen MR) is 137 cm³/mol. The summed E-state index contributed by atoms with van der Waals surface area (Å²) in [5.74, 6) is -4.45. The monoisotopic (exact) mass is 544 g/mol. The molecule has 36 heavy (non-hydrogen) atoms. The van der Waals surface area contributed by atoms with Gasteiger partial charge in [-0.3, -0.25) is 19.2 Å². The van der Waals surface area contributed by atoms with Gasteiger partial charge in [-0.25, -0.2) is 4.79 Å². The molecule has 0 fully saturated rings. The molecule has 0 spiro atoms. The maximum absolute atomic E-state index is 13.0. The zero-order chi connectivity index (χ0) is 27.3. The van der Waals surface area contributed by atoms with Crippen LogP contribution in [0.3, 0.4) is 0 Å². The second-order valence-electron chi connectivity index (χ2n) is 7.90. The minimum Gasteiger partial charge on any atom is -0.508 e. The smallest absolute Gasteiger partial charge is 0.327 e. The van der Waals surface area contributed by atoms with E-state index in [1.165, 1.54) is 23.9 Å². The highest BCUT2D eigenvalue weighted by molar-refractivity contribution is 7.98. The summed E-state index contributed by atoms with van der Waals surface area (Å²) in [4.78, 5) is 60.5. The van der Waals surface area contributed by atoms with Crippen molar-refractivity contribution in [3.8, 4) is 5.75 Å². The van der Waals surface area contributed by atoms with Crippen LogP contribution in [0.15, 0.2) is 24.3 Å². The molecule has 3 amide bonds. The summed E-state index contributed by atoms with van der Waals surface area (Å²) in [6.07, 6.45) is 1.39. The quantitative estimate of drug-likeness (QED) is 0.123. The SMILES string of the molecule is CSCCC(NC(=O)C(N)Cc1ccc(O)cc1)C(=O)NC(CCC(=O)O)C(=O)NC(CS)C(=O)O. The van der Waals surface area contributed by atoms with Gasteiger partial charge in [0.05, 0.1) is 6.04 Å². The van der Waals surface area contributed by atoms with Crippen molar-refractivity contribution >= 4 is 54.1 Å². The number of hydrogen-bond donors (Lipinski definition) is 8. The second-order valence-corrected chi connectivity index (χ2v) is 9.25. The highest BCUT2D eigenvalue weighted by Gasteiger charge is 2.30. The molecular formula is C22H32N4O8S2. The number of aliphatic carboxylic acids is 2. The average molecular weight is 545 g/mol. The molecule has 0 aromatic heterocycles. The van der Waals surface area contributed by atoms with Crippen molar-refractivity contribution < 1.29 is 39.3 Å². The molecule has 1 aromatic carbocycles. The molecule has 0 aliphatic heterocycles. The minimum absolute atomic E-state index is 0.0658. The summed E-state index contributed by atoms with van der Waals surface area (Å²) in [6, 6.07) is 1.37. The Bertz CT molecular complexity index is 916. The molecule has 1 aromatic rings. The number of carboxylic acids is 2. The van der Waals surface area contributed by atoms with Gasteiger partial charge in [0, 0.05) is 12.2 Å². The van der Waals surface area contributed by atoms with Crippen molar-refractivity contribution in [2.45, 2.75) is 49.9 Å². The second kappa shape index (κ2) is 15.9. The zero-order valence-corrected chi connectivity index (χ0v) is 21.4. The fraction of sp³-hybridized carbons (Fsp3) is 0.500. The van der Waals surface area contributed by atoms with Gasteiger partial charge in [-0.1, -0.05) is 12.1 Å². The average Bonchev–Trinajstić information content (AvgIpc) is 2.83. The summed E-state index contributed by atoms with van der Waals surface area (Å²) < 4.78 is 0. The van der Waals surface area contributed by atoms with Crippen LogP contribution < -0.4 is 21.7 Å². The molecule has 1 rings (SSSR count). The van der Waals surface area contributed by atoms with E-state index in [0.29, 0.717) is 11.3 Å². The first-order chi connectivity index (χ1) is 17.0.